The van der Waals surface area contributed by atoms with E-state index in [1.54, 1.807) is 36.4 Å². The first-order valence-electron chi connectivity index (χ1n) is 9.07. The molecule has 0 bridgehead atoms. The summed E-state index contributed by atoms with van der Waals surface area (Å²) in [4.78, 5) is 50.4. The zero-order valence-corrected chi connectivity index (χ0v) is 15.8. The number of rotatable bonds is 5. The Morgan fingerprint density at radius 2 is 1.66 bits per heavy atom. The number of esters is 1. The Balaban J connectivity index is 1.73. The third-order valence-corrected chi connectivity index (χ3v) is 4.37. The Labute approximate surface area is 168 Å². The molecule has 3 rings (SSSR count). The van der Waals surface area contributed by atoms with E-state index in [4.69, 9.17) is 4.74 Å². The molecule has 3 amide bonds. The van der Waals surface area contributed by atoms with Gasteiger partial charge >= 0.3 is 5.97 Å². The van der Waals surface area contributed by atoms with Crippen LogP contribution in [0.25, 0.3) is 6.08 Å². The molecule has 0 saturated carbocycles. The van der Waals surface area contributed by atoms with Crippen LogP contribution in [0.1, 0.15) is 24.5 Å². The average molecular weight is 392 g/mol. The molecule has 0 radical (unpaired) electrons. The van der Waals surface area contributed by atoms with E-state index in [2.05, 4.69) is 5.32 Å². The van der Waals surface area contributed by atoms with Crippen molar-refractivity contribution in [1.29, 1.82) is 0 Å². The molecule has 2 aromatic carbocycles. The lowest BCUT2D eigenvalue weighted by atomic mass is 10.1. The van der Waals surface area contributed by atoms with Gasteiger partial charge in [0.1, 0.15) is 18.3 Å². The number of ether oxygens (including phenoxy) is 1. The minimum atomic E-state index is -1.25. The van der Waals surface area contributed by atoms with Crippen molar-refractivity contribution in [3.05, 3.63) is 77.5 Å². The molecule has 2 aromatic rings. The Hall–Kier alpha value is -3.74. The average Bonchev–Trinajstić information content (AvgIpc) is 2.71. The fraction of sp³-hybridized carbons (Fsp3) is 0.182. The van der Waals surface area contributed by atoms with Gasteiger partial charge in [-0.3, -0.25) is 24.1 Å². The zero-order valence-electron chi connectivity index (χ0n) is 15.8. The number of carbonyl (C=O) groups excluding carboxylic acids is 4. The summed E-state index contributed by atoms with van der Waals surface area (Å²) in [6.07, 6.45) is 1.07. The maximum Gasteiger partial charge on any atom is 0.308 e. The Bertz CT molecular complexity index is 954. The third kappa shape index (κ3) is 4.95. The first-order valence-corrected chi connectivity index (χ1v) is 9.07. The second-order valence-corrected chi connectivity index (χ2v) is 6.52. The lowest BCUT2D eigenvalue weighted by Gasteiger charge is -2.33. The van der Waals surface area contributed by atoms with Crippen molar-refractivity contribution in [3.63, 3.8) is 0 Å². The summed E-state index contributed by atoms with van der Waals surface area (Å²) in [7, 11) is 0. The van der Waals surface area contributed by atoms with Gasteiger partial charge in [0.05, 0.1) is 6.42 Å². The summed E-state index contributed by atoms with van der Waals surface area (Å²) in [6.45, 7) is 1.22. The molecule has 1 N–H and O–H groups in total. The number of nitrogens with zero attached hydrogens (tertiary/aromatic N) is 1. The van der Waals surface area contributed by atoms with Gasteiger partial charge < -0.3 is 10.1 Å². The molecule has 0 spiro atoms. The number of piperazine rings is 1. The summed E-state index contributed by atoms with van der Waals surface area (Å²) < 4.78 is 5.18. The molecule has 7 nitrogen and oxygen atoms in total. The number of imide groups is 1. The fourth-order valence-corrected chi connectivity index (χ4v) is 2.97. The minimum absolute atomic E-state index is 0.0229. The van der Waals surface area contributed by atoms with Crippen molar-refractivity contribution in [2.75, 3.05) is 0 Å². The molecular weight excluding hydrogens is 372 g/mol. The topological polar surface area (TPSA) is 92.8 Å². The van der Waals surface area contributed by atoms with Crippen LogP contribution in [0.3, 0.4) is 0 Å². The van der Waals surface area contributed by atoms with E-state index in [1.165, 1.54) is 13.0 Å². The smallest absolute Gasteiger partial charge is 0.308 e. The molecule has 1 aliphatic rings. The predicted molar refractivity (Wildman–Crippen MR) is 105 cm³/mol. The highest BCUT2D eigenvalue weighted by molar-refractivity contribution is 6.14. The Morgan fingerprint density at radius 3 is 2.28 bits per heavy atom. The van der Waals surface area contributed by atoms with Crippen LogP contribution < -0.4 is 5.32 Å². The van der Waals surface area contributed by atoms with Crippen LogP contribution in [-0.2, 0) is 30.5 Å². The standard InChI is InChI=1S/C22H20N2O5/c1-15(25)24-19(13-20(26)29-14-17-10-6-3-7-11-17)21(27)23-18(22(24)28)12-16-8-4-2-5-9-16/h2-12,19H,13-14H2,1H3,(H,23,27)/b18-12-/t19-/m0/s1. The highest BCUT2D eigenvalue weighted by atomic mass is 16.5. The molecule has 148 valence electrons. The third-order valence-electron chi connectivity index (χ3n) is 4.37. The van der Waals surface area contributed by atoms with Crippen LogP contribution in [0, 0.1) is 0 Å². The van der Waals surface area contributed by atoms with Crippen LogP contribution in [0.2, 0.25) is 0 Å². The molecule has 7 heteroatoms. The summed E-state index contributed by atoms with van der Waals surface area (Å²) in [5.41, 5.74) is 1.47. The van der Waals surface area contributed by atoms with E-state index in [0.717, 1.165) is 10.5 Å². The summed E-state index contributed by atoms with van der Waals surface area (Å²) in [5.74, 6) is -2.58. The number of nitrogens with one attached hydrogen (secondary N) is 1. The zero-order chi connectivity index (χ0) is 20.8. The summed E-state index contributed by atoms with van der Waals surface area (Å²) in [5, 5.41) is 2.50. The second kappa shape index (κ2) is 8.97. The largest absolute Gasteiger partial charge is 0.461 e. The van der Waals surface area contributed by atoms with Crippen molar-refractivity contribution in [1.82, 2.24) is 10.2 Å². The van der Waals surface area contributed by atoms with E-state index < -0.39 is 36.2 Å². The highest BCUT2D eigenvalue weighted by Gasteiger charge is 2.41. The Kier molecular flexibility index (Phi) is 6.19. The first-order chi connectivity index (χ1) is 14.0. The van der Waals surface area contributed by atoms with Crippen molar-refractivity contribution in [3.8, 4) is 0 Å². The maximum absolute atomic E-state index is 12.8. The molecule has 1 aliphatic heterocycles. The van der Waals surface area contributed by atoms with Crippen LogP contribution in [0.4, 0.5) is 0 Å². The van der Waals surface area contributed by atoms with Gasteiger partial charge in [-0.05, 0) is 17.2 Å². The van der Waals surface area contributed by atoms with Gasteiger partial charge in [-0.1, -0.05) is 60.7 Å². The van der Waals surface area contributed by atoms with Crippen molar-refractivity contribution < 1.29 is 23.9 Å². The van der Waals surface area contributed by atoms with Gasteiger partial charge in [-0.25, -0.2) is 0 Å². The van der Waals surface area contributed by atoms with Gasteiger partial charge in [0, 0.05) is 6.92 Å². The number of amides is 3. The van der Waals surface area contributed by atoms with Crippen LogP contribution in [-0.4, -0.2) is 34.6 Å². The van der Waals surface area contributed by atoms with E-state index in [-0.39, 0.29) is 12.3 Å². The summed E-state index contributed by atoms with van der Waals surface area (Å²) in [6, 6.07) is 16.7. The minimum Gasteiger partial charge on any atom is -0.461 e. The lowest BCUT2D eigenvalue weighted by molar-refractivity contribution is -0.156. The van der Waals surface area contributed by atoms with E-state index in [9.17, 15) is 19.2 Å². The molecule has 0 aliphatic carbocycles. The second-order valence-electron chi connectivity index (χ2n) is 6.52. The van der Waals surface area contributed by atoms with Crippen LogP contribution >= 0.6 is 0 Å². The molecule has 1 fully saturated rings. The molecular formula is C22H20N2O5. The number of hydrogen-bond donors (Lipinski definition) is 1. The maximum atomic E-state index is 12.8. The quantitative estimate of drug-likeness (QED) is 0.621. The lowest BCUT2D eigenvalue weighted by Crippen LogP contribution is -2.59. The highest BCUT2D eigenvalue weighted by Crippen LogP contribution is 2.19. The predicted octanol–water partition coefficient (Wildman–Crippen LogP) is 2.03. The van der Waals surface area contributed by atoms with Crippen molar-refractivity contribution in [2.24, 2.45) is 0 Å². The van der Waals surface area contributed by atoms with Crippen molar-refractivity contribution >= 4 is 29.8 Å². The SMILES string of the molecule is CC(=O)N1C(=O)/C(=C/c2ccccc2)NC(=O)[C@@H]1CC(=O)OCc1ccccc1. The van der Waals surface area contributed by atoms with Gasteiger partial charge in [0.2, 0.25) is 11.8 Å². The number of carbonyl (C=O) groups is 4. The Morgan fingerprint density at radius 1 is 1.03 bits per heavy atom. The van der Waals surface area contributed by atoms with E-state index in [0.29, 0.717) is 5.56 Å². The van der Waals surface area contributed by atoms with E-state index >= 15 is 0 Å². The van der Waals surface area contributed by atoms with Crippen LogP contribution in [0.15, 0.2) is 66.4 Å². The monoisotopic (exact) mass is 392 g/mol. The normalized spacial score (nSPS) is 17.8. The molecule has 1 heterocycles. The van der Waals surface area contributed by atoms with Crippen molar-refractivity contribution in [2.45, 2.75) is 26.0 Å². The number of hydrogen-bond acceptors (Lipinski definition) is 5. The molecule has 29 heavy (non-hydrogen) atoms. The fourth-order valence-electron chi connectivity index (χ4n) is 2.97. The molecule has 0 aromatic heterocycles. The van der Waals surface area contributed by atoms with Gasteiger partial charge in [-0.2, -0.15) is 0 Å². The summed E-state index contributed by atoms with van der Waals surface area (Å²) >= 11 is 0. The molecule has 1 atom stereocenters. The number of benzene rings is 2. The first kappa shape index (κ1) is 20.0. The van der Waals surface area contributed by atoms with Gasteiger partial charge in [0.15, 0.2) is 0 Å². The van der Waals surface area contributed by atoms with Gasteiger partial charge in [-0.15, -0.1) is 0 Å². The van der Waals surface area contributed by atoms with Gasteiger partial charge in [0.25, 0.3) is 5.91 Å². The molecule has 1 saturated heterocycles. The van der Waals surface area contributed by atoms with E-state index in [1.807, 2.05) is 24.3 Å². The van der Waals surface area contributed by atoms with Crippen LogP contribution in [0.5, 0.6) is 0 Å². The molecule has 0 unspecified atom stereocenters.